The van der Waals surface area contributed by atoms with Crippen molar-refractivity contribution in [1.82, 2.24) is 15.3 Å². The smallest absolute Gasteiger partial charge is 0.251 e. The molecule has 0 bridgehead atoms. The van der Waals surface area contributed by atoms with E-state index < -0.39 is 6.67 Å². The number of hydrogen-bond acceptors (Lipinski definition) is 3. The predicted octanol–water partition coefficient (Wildman–Crippen LogP) is 4.81. The number of amides is 1. The number of imidazole rings is 1. The molecule has 6 nitrogen and oxygen atoms in total. The van der Waals surface area contributed by atoms with Gasteiger partial charge in [-0.25, -0.2) is 9.37 Å². The molecule has 1 atom stereocenters. The van der Waals surface area contributed by atoms with Crippen molar-refractivity contribution in [2.24, 2.45) is 10.7 Å². The van der Waals surface area contributed by atoms with Crippen LogP contribution in [0.15, 0.2) is 83.9 Å². The minimum absolute atomic E-state index is 0.0159. The molecule has 0 saturated heterocycles. The molecular weight excluding hydrogens is 417 g/mol. The van der Waals surface area contributed by atoms with Gasteiger partial charge in [0.2, 0.25) is 0 Å². The number of H-pyrrole nitrogens is 1. The number of benzene rings is 3. The number of nitrogens with one attached hydrogen (secondary N) is 2. The van der Waals surface area contributed by atoms with E-state index in [1.54, 1.807) is 0 Å². The Bertz CT molecular complexity index is 1200. The third kappa shape index (κ3) is 5.63. The van der Waals surface area contributed by atoms with E-state index in [0.717, 1.165) is 22.2 Å². The van der Waals surface area contributed by atoms with E-state index in [4.69, 9.17) is 5.73 Å². The van der Waals surface area contributed by atoms with E-state index in [1.807, 2.05) is 78.9 Å². The van der Waals surface area contributed by atoms with Crippen molar-refractivity contribution >= 4 is 22.8 Å². The quantitative estimate of drug-likeness (QED) is 0.197. The number of amidine groups is 1. The van der Waals surface area contributed by atoms with Gasteiger partial charge in [0.15, 0.2) is 0 Å². The Morgan fingerprint density at radius 3 is 2.42 bits per heavy atom. The summed E-state index contributed by atoms with van der Waals surface area (Å²) in [5.74, 6) is 0.470. The Morgan fingerprint density at radius 1 is 1.00 bits per heavy atom. The SMILES string of the molecule is NC(CF)=NCCCC(NC(=O)c1ccc(-c2ccccc2)cc1)c1nc2ccccc2[nH]1. The molecule has 33 heavy (non-hydrogen) atoms. The average Bonchev–Trinajstić information content (AvgIpc) is 3.30. The van der Waals surface area contributed by atoms with Crippen LogP contribution >= 0.6 is 0 Å². The number of aliphatic imine (C=N–C) groups is 1. The Balaban J connectivity index is 1.50. The van der Waals surface area contributed by atoms with Gasteiger partial charge in [-0.2, -0.15) is 0 Å². The number of nitrogens with zero attached hydrogens (tertiary/aromatic N) is 2. The number of rotatable bonds is 9. The highest BCUT2D eigenvalue weighted by atomic mass is 19.1. The molecule has 4 N–H and O–H groups in total. The van der Waals surface area contributed by atoms with Gasteiger partial charge in [0.25, 0.3) is 5.91 Å². The summed E-state index contributed by atoms with van der Waals surface area (Å²) in [5, 5.41) is 3.09. The largest absolute Gasteiger partial charge is 0.385 e. The lowest BCUT2D eigenvalue weighted by Crippen LogP contribution is -2.29. The fourth-order valence-electron chi connectivity index (χ4n) is 3.66. The second-order valence-corrected chi connectivity index (χ2v) is 7.76. The second kappa shape index (κ2) is 10.5. The van der Waals surface area contributed by atoms with Crippen molar-refractivity contribution in [3.05, 3.63) is 90.3 Å². The lowest BCUT2D eigenvalue weighted by Gasteiger charge is -2.17. The molecule has 1 amide bonds. The Hall–Kier alpha value is -4.00. The van der Waals surface area contributed by atoms with Crippen molar-refractivity contribution in [3.8, 4) is 11.1 Å². The van der Waals surface area contributed by atoms with Crippen molar-refractivity contribution in [2.75, 3.05) is 13.2 Å². The zero-order valence-electron chi connectivity index (χ0n) is 18.2. The Morgan fingerprint density at radius 2 is 1.70 bits per heavy atom. The molecular formula is C26H26FN5O. The van der Waals surface area contributed by atoms with Gasteiger partial charge in [-0.15, -0.1) is 0 Å². The zero-order valence-corrected chi connectivity index (χ0v) is 18.2. The molecule has 0 saturated carbocycles. The van der Waals surface area contributed by atoms with E-state index in [1.165, 1.54) is 0 Å². The second-order valence-electron chi connectivity index (χ2n) is 7.76. The van der Waals surface area contributed by atoms with Crippen LogP contribution in [0.1, 0.15) is 35.1 Å². The van der Waals surface area contributed by atoms with Crippen molar-refractivity contribution < 1.29 is 9.18 Å². The monoisotopic (exact) mass is 443 g/mol. The maximum Gasteiger partial charge on any atom is 0.251 e. The van der Waals surface area contributed by atoms with Gasteiger partial charge in [-0.1, -0.05) is 54.6 Å². The summed E-state index contributed by atoms with van der Waals surface area (Å²) < 4.78 is 12.5. The molecule has 1 unspecified atom stereocenters. The number of aromatic nitrogens is 2. The van der Waals surface area contributed by atoms with Gasteiger partial charge in [-0.05, 0) is 48.2 Å². The molecule has 0 fully saturated rings. The van der Waals surface area contributed by atoms with Crippen molar-refractivity contribution in [3.63, 3.8) is 0 Å². The van der Waals surface area contributed by atoms with Crippen LogP contribution in [0, 0.1) is 0 Å². The molecule has 7 heteroatoms. The lowest BCUT2D eigenvalue weighted by molar-refractivity contribution is 0.0932. The number of carbonyl (C=O) groups excluding carboxylic acids is 1. The van der Waals surface area contributed by atoms with Crippen LogP contribution in [0.2, 0.25) is 0 Å². The van der Waals surface area contributed by atoms with E-state index >= 15 is 0 Å². The minimum Gasteiger partial charge on any atom is -0.385 e. The fourth-order valence-corrected chi connectivity index (χ4v) is 3.66. The number of alkyl halides is 1. The first-order valence-electron chi connectivity index (χ1n) is 10.9. The molecule has 0 spiro atoms. The van der Waals surface area contributed by atoms with Crippen molar-refractivity contribution in [2.45, 2.75) is 18.9 Å². The number of halogens is 1. The number of para-hydroxylation sites is 2. The van der Waals surface area contributed by atoms with Crippen molar-refractivity contribution in [1.29, 1.82) is 0 Å². The first-order valence-corrected chi connectivity index (χ1v) is 10.9. The third-order valence-electron chi connectivity index (χ3n) is 5.40. The highest BCUT2D eigenvalue weighted by Gasteiger charge is 2.19. The molecule has 0 aliphatic carbocycles. The first kappa shape index (κ1) is 22.2. The average molecular weight is 444 g/mol. The van der Waals surface area contributed by atoms with Gasteiger partial charge < -0.3 is 16.0 Å². The molecule has 4 rings (SSSR count). The molecule has 0 aliphatic heterocycles. The summed E-state index contributed by atoms with van der Waals surface area (Å²) >= 11 is 0. The van der Waals surface area contributed by atoms with Gasteiger partial charge in [0.1, 0.15) is 18.3 Å². The standard InChI is InChI=1S/C26H26FN5O/c27-17-24(28)29-16-6-11-23(25-30-21-9-4-5-10-22(21)31-25)32-26(33)20-14-12-19(13-15-20)18-7-2-1-3-8-18/h1-5,7-10,12-15,23H,6,11,16-17H2,(H2,28,29)(H,30,31)(H,32,33). The molecule has 1 heterocycles. The first-order chi connectivity index (χ1) is 16.1. The molecule has 0 radical (unpaired) electrons. The van der Waals surface area contributed by atoms with Crippen LogP contribution in [0.3, 0.4) is 0 Å². The Kier molecular flexibility index (Phi) is 7.09. The van der Waals surface area contributed by atoms with Crippen LogP contribution in [0.5, 0.6) is 0 Å². The van der Waals surface area contributed by atoms with Crippen LogP contribution < -0.4 is 11.1 Å². The van der Waals surface area contributed by atoms with Crippen LogP contribution in [0.4, 0.5) is 4.39 Å². The van der Waals surface area contributed by atoms with E-state index in [2.05, 4.69) is 20.3 Å². The normalized spacial score (nSPS) is 12.6. The maximum absolute atomic E-state index is 13.0. The third-order valence-corrected chi connectivity index (χ3v) is 5.40. The maximum atomic E-state index is 13.0. The summed E-state index contributed by atoms with van der Waals surface area (Å²) in [7, 11) is 0. The predicted molar refractivity (Wildman–Crippen MR) is 130 cm³/mol. The van der Waals surface area contributed by atoms with Gasteiger partial charge >= 0.3 is 0 Å². The number of hydrogen-bond donors (Lipinski definition) is 3. The highest BCUT2D eigenvalue weighted by molar-refractivity contribution is 5.95. The van der Waals surface area contributed by atoms with E-state index in [-0.39, 0.29) is 17.8 Å². The number of aromatic amines is 1. The summed E-state index contributed by atoms with van der Waals surface area (Å²) in [6, 6.07) is 24.9. The molecule has 0 aliphatic rings. The van der Waals surface area contributed by atoms with Crippen LogP contribution in [-0.2, 0) is 0 Å². The van der Waals surface area contributed by atoms with E-state index in [9.17, 15) is 9.18 Å². The molecule has 3 aromatic carbocycles. The summed E-state index contributed by atoms with van der Waals surface area (Å²) in [6.07, 6.45) is 1.20. The fraction of sp³-hybridized carbons (Fsp3) is 0.192. The molecule has 4 aromatic rings. The minimum atomic E-state index is -0.761. The van der Waals surface area contributed by atoms with E-state index in [0.29, 0.717) is 30.8 Å². The lowest BCUT2D eigenvalue weighted by atomic mass is 10.0. The number of nitrogens with two attached hydrogens (primary N) is 1. The summed E-state index contributed by atoms with van der Waals surface area (Å²) in [5.41, 5.74) is 9.89. The zero-order chi connectivity index (χ0) is 23.0. The topological polar surface area (TPSA) is 96.2 Å². The Labute approximate surface area is 191 Å². The number of carbonyl (C=O) groups is 1. The molecule has 168 valence electrons. The van der Waals surface area contributed by atoms with Gasteiger partial charge in [-0.3, -0.25) is 9.79 Å². The summed E-state index contributed by atoms with van der Waals surface area (Å²) in [4.78, 5) is 25.0. The van der Waals surface area contributed by atoms with Crippen LogP contribution in [0.25, 0.3) is 22.2 Å². The highest BCUT2D eigenvalue weighted by Crippen LogP contribution is 2.22. The summed E-state index contributed by atoms with van der Waals surface area (Å²) in [6.45, 7) is -0.378. The number of fused-ring (bicyclic) bond motifs is 1. The van der Waals surface area contributed by atoms with Gasteiger partial charge in [0, 0.05) is 12.1 Å². The van der Waals surface area contributed by atoms with Gasteiger partial charge in [0.05, 0.1) is 17.1 Å². The van der Waals surface area contributed by atoms with Crippen LogP contribution in [-0.4, -0.2) is 34.9 Å². The molecule has 1 aromatic heterocycles.